The summed E-state index contributed by atoms with van der Waals surface area (Å²) in [4.78, 5) is 12.5. The van der Waals surface area contributed by atoms with Crippen molar-refractivity contribution >= 4 is 23.4 Å². The van der Waals surface area contributed by atoms with Crippen LogP contribution in [0.1, 0.15) is 30.8 Å². The summed E-state index contributed by atoms with van der Waals surface area (Å²) >= 11 is 1.38. The van der Waals surface area contributed by atoms with Crippen LogP contribution in [0.2, 0.25) is 0 Å². The van der Waals surface area contributed by atoms with E-state index in [4.69, 9.17) is 4.74 Å². The molecule has 0 aliphatic heterocycles. The topological polar surface area (TPSA) is 69.0 Å². The van der Waals surface area contributed by atoms with Crippen molar-refractivity contribution in [2.45, 2.75) is 45.5 Å². The molecular weight excluding hydrogens is 384 g/mol. The van der Waals surface area contributed by atoms with Gasteiger partial charge >= 0.3 is 0 Å². The second-order valence-electron chi connectivity index (χ2n) is 6.54. The van der Waals surface area contributed by atoms with E-state index in [1.807, 2.05) is 66.9 Å². The third-order valence-corrected chi connectivity index (χ3v) is 5.52. The van der Waals surface area contributed by atoms with E-state index >= 15 is 0 Å². The molecule has 1 heterocycles. The Bertz CT molecular complexity index is 957. The summed E-state index contributed by atoms with van der Waals surface area (Å²) < 4.78 is 7.76. The highest BCUT2D eigenvalue weighted by atomic mass is 32.2. The molecule has 0 aliphatic carbocycles. The highest BCUT2D eigenvalue weighted by Crippen LogP contribution is 2.23. The molecule has 0 fully saturated rings. The van der Waals surface area contributed by atoms with E-state index in [9.17, 15) is 4.79 Å². The van der Waals surface area contributed by atoms with Crippen LogP contribution in [0, 0.1) is 6.92 Å². The Labute approximate surface area is 175 Å². The molecule has 3 rings (SSSR count). The Morgan fingerprint density at radius 2 is 1.90 bits per heavy atom. The van der Waals surface area contributed by atoms with Crippen LogP contribution in [0.15, 0.2) is 53.7 Å². The second-order valence-corrected chi connectivity index (χ2v) is 7.49. The van der Waals surface area contributed by atoms with E-state index in [0.29, 0.717) is 13.2 Å². The fourth-order valence-electron chi connectivity index (χ4n) is 3.02. The van der Waals surface area contributed by atoms with Crippen LogP contribution >= 0.6 is 11.8 Å². The molecule has 0 aliphatic rings. The first kappa shape index (κ1) is 20.9. The maximum absolute atomic E-state index is 12.5. The number of benzene rings is 2. The molecule has 0 unspecified atom stereocenters. The van der Waals surface area contributed by atoms with Gasteiger partial charge in [-0.3, -0.25) is 4.79 Å². The molecule has 0 saturated carbocycles. The van der Waals surface area contributed by atoms with Gasteiger partial charge in [-0.1, -0.05) is 55.1 Å². The number of anilines is 1. The summed E-state index contributed by atoms with van der Waals surface area (Å²) in [5.74, 6) is 1.75. The molecule has 0 bridgehead atoms. The Hall–Kier alpha value is -2.80. The number of aromatic nitrogens is 3. The van der Waals surface area contributed by atoms with Crippen molar-refractivity contribution in [3.63, 3.8) is 0 Å². The SMILES string of the molecule is CCc1cccc(C)c1NC(=O)CSc1nnc(COc2ccccc2)n1CC. The summed E-state index contributed by atoms with van der Waals surface area (Å²) in [6.07, 6.45) is 0.874. The van der Waals surface area contributed by atoms with Crippen LogP contribution in [0.3, 0.4) is 0 Å². The molecule has 0 radical (unpaired) electrons. The molecule has 0 atom stereocenters. The summed E-state index contributed by atoms with van der Waals surface area (Å²) in [5, 5.41) is 12.3. The van der Waals surface area contributed by atoms with Gasteiger partial charge in [0.2, 0.25) is 5.91 Å². The van der Waals surface area contributed by atoms with Crippen LogP contribution in [0.5, 0.6) is 5.75 Å². The molecule has 29 heavy (non-hydrogen) atoms. The van der Waals surface area contributed by atoms with Crippen molar-refractivity contribution in [2.24, 2.45) is 0 Å². The lowest BCUT2D eigenvalue weighted by Crippen LogP contribution is -2.17. The predicted octanol–water partition coefficient (Wildman–Crippen LogP) is 4.48. The summed E-state index contributed by atoms with van der Waals surface area (Å²) in [6, 6.07) is 15.7. The van der Waals surface area contributed by atoms with Gasteiger partial charge in [-0.15, -0.1) is 10.2 Å². The number of nitrogens with zero attached hydrogens (tertiary/aromatic N) is 3. The average molecular weight is 411 g/mol. The fraction of sp³-hybridized carbons (Fsp3) is 0.318. The Kier molecular flexibility index (Phi) is 7.30. The van der Waals surface area contributed by atoms with Crippen LogP contribution < -0.4 is 10.1 Å². The number of hydrogen-bond donors (Lipinski definition) is 1. The van der Waals surface area contributed by atoms with E-state index in [1.165, 1.54) is 11.8 Å². The molecular formula is C22H26N4O2S. The minimum atomic E-state index is -0.0493. The van der Waals surface area contributed by atoms with Gasteiger partial charge in [0.05, 0.1) is 5.75 Å². The zero-order valence-electron chi connectivity index (χ0n) is 17.0. The maximum Gasteiger partial charge on any atom is 0.234 e. The van der Waals surface area contributed by atoms with E-state index in [2.05, 4.69) is 22.4 Å². The molecule has 7 heteroatoms. The van der Waals surface area contributed by atoms with Gasteiger partial charge in [0.15, 0.2) is 11.0 Å². The molecule has 0 saturated heterocycles. The minimum Gasteiger partial charge on any atom is -0.486 e. The first-order valence-electron chi connectivity index (χ1n) is 9.73. The van der Waals surface area contributed by atoms with Crippen molar-refractivity contribution in [1.82, 2.24) is 14.8 Å². The third-order valence-electron chi connectivity index (χ3n) is 4.56. The summed E-state index contributed by atoms with van der Waals surface area (Å²) in [5.41, 5.74) is 3.12. The molecule has 152 valence electrons. The molecule has 1 amide bonds. The lowest BCUT2D eigenvalue weighted by atomic mass is 10.1. The number of carbonyl (C=O) groups excluding carboxylic acids is 1. The molecule has 1 N–H and O–H groups in total. The number of rotatable bonds is 9. The lowest BCUT2D eigenvalue weighted by molar-refractivity contribution is -0.113. The highest BCUT2D eigenvalue weighted by Gasteiger charge is 2.15. The van der Waals surface area contributed by atoms with Gasteiger partial charge in [-0.2, -0.15) is 0 Å². The molecule has 0 spiro atoms. The van der Waals surface area contributed by atoms with Gasteiger partial charge in [-0.05, 0) is 43.5 Å². The smallest absolute Gasteiger partial charge is 0.234 e. The number of thioether (sulfide) groups is 1. The number of ether oxygens (including phenoxy) is 1. The number of para-hydroxylation sites is 2. The molecule has 2 aromatic carbocycles. The third kappa shape index (κ3) is 5.38. The Morgan fingerprint density at radius 3 is 2.62 bits per heavy atom. The summed E-state index contributed by atoms with van der Waals surface area (Å²) in [7, 11) is 0. The molecule has 1 aromatic heterocycles. The fourth-order valence-corrected chi connectivity index (χ4v) is 3.84. The number of aryl methyl sites for hydroxylation is 2. The van der Waals surface area contributed by atoms with E-state index in [0.717, 1.165) is 40.0 Å². The van der Waals surface area contributed by atoms with Gasteiger partial charge in [0.25, 0.3) is 0 Å². The number of hydrogen-bond acceptors (Lipinski definition) is 5. The molecule has 3 aromatic rings. The summed E-state index contributed by atoms with van der Waals surface area (Å²) in [6.45, 7) is 7.17. The largest absolute Gasteiger partial charge is 0.486 e. The van der Waals surface area contributed by atoms with Crippen LogP contribution in [0.25, 0.3) is 0 Å². The van der Waals surface area contributed by atoms with Crippen LogP contribution in [0.4, 0.5) is 5.69 Å². The van der Waals surface area contributed by atoms with E-state index in [1.54, 1.807) is 0 Å². The first-order chi connectivity index (χ1) is 14.1. The highest BCUT2D eigenvalue weighted by molar-refractivity contribution is 7.99. The zero-order chi connectivity index (χ0) is 20.6. The van der Waals surface area contributed by atoms with Gasteiger partial charge < -0.3 is 14.6 Å². The van der Waals surface area contributed by atoms with Crippen molar-refractivity contribution in [2.75, 3.05) is 11.1 Å². The lowest BCUT2D eigenvalue weighted by Gasteiger charge is -2.13. The number of nitrogens with one attached hydrogen (secondary N) is 1. The van der Waals surface area contributed by atoms with Gasteiger partial charge in [-0.25, -0.2) is 0 Å². The second kappa shape index (κ2) is 10.1. The molecule has 6 nitrogen and oxygen atoms in total. The van der Waals surface area contributed by atoms with Crippen LogP contribution in [-0.2, 0) is 24.4 Å². The Morgan fingerprint density at radius 1 is 1.10 bits per heavy atom. The standard InChI is InChI=1S/C22H26N4O2S/c1-4-17-11-9-10-16(3)21(17)23-20(27)15-29-22-25-24-19(26(22)5-2)14-28-18-12-7-6-8-13-18/h6-13H,4-5,14-15H2,1-3H3,(H,23,27). The van der Waals surface area contributed by atoms with E-state index in [-0.39, 0.29) is 11.7 Å². The van der Waals surface area contributed by atoms with Crippen molar-refractivity contribution in [3.05, 3.63) is 65.5 Å². The van der Waals surface area contributed by atoms with E-state index < -0.39 is 0 Å². The first-order valence-corrected chi connectivity index (χ1v) is 10.7. The van der Waals surface area contributed by atoms with Gasteiger partial charge in [0, 0.05) is 12.2 Å². The quantitative estimate of drug-likeness (QED) is 0.527. The average Bonchev–Trinajstić information content (AvgIpc) is 3.14. The zero-order valence-corrected chi connectivity index (χ0v) is 17.8. The monoisotopic (exact) mass is 410 g/mol. The number of carbonyl (C=O) groups is 1. The number of amides is 1. The van der Waals surface area contributed by atoms with Crippen molar-refractivity contribution < 1.29 is 9.53 Å². The minimum absolute atomic E-state index is 0.0493. The van der Waals surface area contributed by atoms with Crippen molar-refractivity contribution in [1.29, 1.82) is 0 Å². The van der Waals surface area contributed by atoms with Crippen molar-refractivity contribution in [3.8, 4) is 5.75 Å². The van der Waals surface area contributed by atoms with Crippen LogP contribution in [-0.4, -0.2) is 26.4 Å². The predicted molar refractivity (Wildman–Crippen MR) is 116 cm³/mol. The maximum atomic E-state index is 12.5. The Balaban J connectivity index is 1.60. The van der Waals surface area contributed by atoms with Gasteiger partial charge in [0.1, 0.15) is 12.4 Å². The normalized spacial score (nSPS) is 10.7.